The molecule has 1 aromatic heterocycles. The Labute approximate surface area is 107 Å². The SMILES string of the molecule is Cc1ccc(Nc2n[nH]c(N)n2)cc1CI. The van der Waals surface area contributed by atoms with Gasteiger partial charge in [0.2, 0.25) is 11.9 Å². The van der Waals surface area contributed by atoms with Crippen LogP contribution in [0.15, 0.2) is 18.2 Å². The van der Waals surface area contributed by atoms with E-state index in [1.807, 2.05) is 6.07 Å². The van der Waals surface area contributed by atoms with E-state index in [0.29, 0.717) is 11.9 Å². The summed E-state index contributed by atoms with van der Waals surface area (Å²) in [6, 6.07) is 6.17. The molecule has 2 rings (SSSR count). The molecule has 1 aromatic carbocycles. The quantitative estimate of drug-likeness (QED) is 0.597. The van der Waals surface area contributed by atoms with Gasteiger partial charge in [-0.05, 0) is 30.2 Å². The molecule has 5 nitrogen and oxygen atoms in total. The summed E-state index contributed by atoms with van der Waals surface area (Å²) in [5.41, 5.74) is 9.00. The first-order chi connectivity index (χ1) is 7.69. The maximum absolute atomic E-state index is 5.44. The van der Waals surface area contributed by atoms with Crippen LogP contribution in [0.3, 0.4) is 0 Å². The maximum atomic E-state index is 5.44. The van der Waals surface area contributed by atoms with Gasteiger partial charge in [-0.3, -0.25) is 0 Å². The highest BCUT2D eigenvalue weighted by molar-refractivity contribution is 14.1. The third kappa shape index (κ3) is 2.43. The molecule has 0 bridgehead atoms. The Hall–Kier alpha value is -1.31. The number of hydrogen-bond donors (Lipinski definition) is 3. The molecule has 16 heavy (non-hydrogen) atoms. The molecule has 0 aliphatic heterocycles. The number of nitrogens with two attached hydrogens (primary N) is 1. The summed E-state index contributed by atoms with van der Waals surface area (Å²) in [6.45, 7) is 2.10. The van der Waals surface area contributed by atoms with Crippen molar-refractivity contribution in [3.8, 4) is 0 Å². The lowest BCUT2D eigenvalue weighted by molar-refractivity contribution is 1.10. The molecule has 0 aliphatic carbocycles. The van der Waals surface area contributed by atoms with Gasteiger partial charge >= 0.3 is 0 Å². The number of nitrogens with one attached hydrogen (secondary N) is 2. The number of alkyl halides is 1. The second kappa shape index (κ2) is 4.69. The first-order valence-electron chi connectivity index (χ1n) is 4.79. The monoisotopic (exact) mass is 329 g/mol. The summed E-state index contributed by atoms with van der Waals surface area (Å²) in [7, 11) is 0. The highest BCUT2D eigenvalue weighted by Crippen LogP contribution is 2.20. The fraction of sp³-hybridized carbons (Fsp3) is 0.200. The molecule has 0 spiro atoms. The highest BCUT2D eigenvalue weighted by Gasteiger charge is 2.02. The van der Waals surface area contributed by atoms with Crippen molar-refractivity contribution >= 4 is 40.2 Å². The van der Waals surface area contributed by atoms with E-state index in [-0.39, 0.29) is 0 Å². The minimum Gasteiger partial charge on any atom is -0.368 e. The van der Waals surface area contributed by atoms with E-state index in [9.17, 15) is 0 Å². The minimum atomic E-state index is 0.309. The minimum absolute atomic E-state index is 0.309. The number of aromatic amines is 1. The van der Waals surface area contributed by atoms with Crippen LogP contribution in [0, 0.1) is 6.92 Å². The summed E-state index contributed by atoms with van der Waals surface area (Å²) in [6.07, 6.45) is 0. The summed E-state index contributed by atoms with van der Waals surface area (Å²) in [4.78, 5) is 3.98. The number of halogens is 1. The molecule has 84 valence electrons. The largest absolute Gasteiger partial charge is 0.368 e. The van der Waals surface area contributed by atoms with Gasteiger partial charge in [0, 0.05) is 10.1 Å². The molecular formula is C10H12IN5. The van der Waals surface area contributed by atoms with Crippen molar-refractivity contribution in [3.63, 3.8) is 0 Å². The van der Waals surface area contributed by atoms with Gasteiger partial charge in [-0.15, -0.1) is 5.10 Å². The number of nitrogens with zero attached hydrogens (tertiary/aromatic N) is 2. The molecule has 0 radical (unpaired) electrons. The first kappa shape index (κ1) is 11.2. The third-order valence-corrected chi connectivity index (χ3v) is 3.07. The summed E-state index contributed by atoms with van der Waals surface area (Å²) < 4.78 is 0.981. The number of rotatable bonds is 3. The number of benzene rings is 1. The van der Waals surface area contributed by atoms with Gasteiger partial charge < -0.3 is 11.1 Å². The Bertz CT molecular complexity index is 494. The zero-order valence-corrected chi connectivity index (χ0v) is 10.9. The van der Waals surface area contributed by atoms with Crippen LogP contribution < -0.4 is 11.1 Å². The number of hydrogen-bond acceptors (Lipinski definition) is 4. The Morgan fingerprint density at radius 2 is 2.31 bits per heavy atom. The van der Waals surface area contributed by atoms with Crippen LogP contribution >= 0.6 is 22.6 Å². The number of H-pyrrole nitrogens is 1. The van der Waals surface area contributed by atoms with Crippen molar-refractivity contribution in [1.82, 2.24) is 15.2 Å². The van der Waals surface area contributed by atoms with E-state index in [4.69, 9.17) is 5.73 Å². The summed E-state index contributed by atoms with van der Waals surface area (Å²) >= 11 is 2.35. The molecule has 0 amide bonds. The molecule has 4 N–H and O–H groups in total. The van der Waals surface area contributed by atoms with Crippen molar-refractivity contribution < 1.29 is 0 Å². The Kier molecular flexibility index (Phi) is 3.28. The average Bonchev–Trinajstić information content (AvgIpc) is 2.67. The van der Waals surface area contributed by atoms with E-state index in [0.717, 1.165) is 10.1 Å². The third-order valence-electron chi connectivity index (χ3n) is 2.25. The van der Waals surface area contributed by atoms with Crippen LogP contribution in [0.25, 0.3) is 0 Å². The van der Waals surface area contributed by atoms with Gasteiger partial charge in [-0.1, -0.05) is 28.7 Å². The zero-order valence-electron chi connectivity index (χ0n) is 8.79. The second-order valence-electron chi connectivity index (χ2n) is 3.44. The Morgan fingerprint density at radius 1 is 1.50 bits per heavy atom. The van der Waals surface area contributed by atoms with Crippen molar-refractivity contribution in [2.24, 2.45) is 0 Å². The van der Waals surface area contributed by atoms with E-state index < -0.39 is 0 Å². The predicted molar refractivity (Wildman–Crippen MR) is 73.0 cm³/mol. The standard InChI is InChI=1S/C10H12IN5/c1-6-2-3-8(4-7(6)5-11)13-10-14-9(12)15-16-10/h2-4H,5H2,1H3,(H4,12,13,14,15,16). The molecule has 0 saturated heterocycles. The molecule has 0 atom stereocenters. The number of aryl methyl sites for hydroxylation is 1. The number of anilines is 3. The smallest absolute Gasteiger partial charge is 0.248 e. The topological polar surface area (TPSA) is 79.6 Å². The van der Waals surface area contributed by atoms with E-state index in [1.54, 1.807) is 0 Å². The molecule has 0 saturated carbocycles. The van der Waals surface area contributed by atoms with Crippen LogP contribution in [0.2, 0.25) is 0 Å². The van der Waals surface area contributed by atoms with Crippen molar-refractivity contribution in [2.45, 2.75) is 11.4 Å². The maximum Gasteiger partial charge on any atom is 0.248 e. The van der Waals surface area contributed by atoms with Crippen molar-refractivity contribution in [2.75, 3.05) is 11.1 Å². The lowest BCUT2D eigenvalue weighted by atomic mass is 10.1. The molecule has 2 aromatic rings. The molecule has 6 heteroatoms. The van der Waals surface area contributed by atoms with E-state index in [1.165, 1.54) is 11.1 Å². The van der Waals surface area contributed by atoms with Gasteiger partial charge in [0.25, 0.3) is 0 Å². The normalized spacial score (nSPS) is 10.4. The molecule has 0 aliphatic rings. The lowest BCUT2D eigenvalue weighted by Gasteiger charge is -2.06. The van der Waals surface area contributed by atoms with Crippen LogP contribution in [-0.2, 0) is 4.43 Å². The summed E-state index contributed by atoms with van der Waals surface area (Å²) in [5, 5.41) is 9.59. The van der Waals surface area contributed by atoms with Crippen LogP contribution in [-0.4, -0.2) is 15.2 Å². The van der Waals surface area contributed by atoms with Gasteiger partial charge in [0.15, 0.2) is 0 Å². The zero-order chi connectivity index (χ0) is 11.5. The average molecular weight is 329 g/mol. The fourth-order valence-electron chi connectivity index (χ4n) is 1.35. The van der Waals surface area contributed by atoms with Crippen LogP contribution in [0.1, 0.15) is 11.1 Å². The van der Waals surface area contributed by atoms with E-state index >= 15 is 0 Å². The van der Waals surface area contributed by atoms with Crippen LogP contribution in [0.5, 0.6) is 0 Å². The number of nitrogen functional groups attached to an aromatic ring is 1. The lowest BCUT2D eigenvalue weighted by Crippen LogP contribution is -1.95. The fourth-order valence-corrected chi connectivity index (χ4v) is 2.17. The van der Waals surface area contributed by atoms with Gasteiger partial charge in [-0.25, -0.2) is 5.10 Å². The van der Waals surface area contributed by atoms with Gasteiger partial charge in [0.05, 0.1) is 0 Å². The van der Waals surface area contributed by atoms with Gasteiger partial charge in [0.1, 0.15) is 0 Å². The Balaban J connectivity index is 2.21. The Morgan fingerprint density at radius 3 is 2.94 bits per heavy atom. The van der Waals surface area contributed by atoms with Crippen LogP contribution in [0.4, 0.5) is 17.6 Å². The van der Waals surface area contributed by atoms with E-state index in [2.05, 4.69) is 62.1 Å². The second-order valence-corrected chi connectivity index (χ2v) is 4.21. The molecule has 0 unspecified atom stereocenters. The number of aromatic nitrogens is 3. The first-order valence-corrected chi connectivity index (χ1v) is 6.32. The predicted octanol–water partition coefficient (Wildman–Crippen LogP) is 2.37. The van der Waals surface area contributed by atoms with Crippen molar-refractivity contribution in [3.05, 3.63) is 29.3 Å². The molecule has 0 fully saturated rings. The van der Waals surface area contributed by atoms with Gasteiger partial charge in [-0.2, -0.15) is 4.98 Å². The molecule has 1 heterocycles. The summed E-state index contributed by atoms with van der Waals surface area (Å²) in [5.74, 6) is 0.796. The molecular weight excluding hydrogens is 317 g/mol. The highest BCUT2D eigenvalue weighted by atomic mass is 127. The van der Waals surface area contributed by atoms with Crippen molar-refractivity contribution in [1.29, 1.82) is 0 Å².